The third kappa shape index (κ3) is 5.72. The third-order valence-corrected chi connectivity index (χ3v) is 6.42. The number of carbonyl (C=O) groups excluding carboxylic acids is 2. The number of hydrogen-bond donors (Lipinski definition) is 1. The average molecular weight is 518 g/mol. The highest BCUT2D eigenvalue weighted by atomic mass is 19.1. The molecular weight excluding hydrogens is 492 g/mol. The second-order valence-corrected chi connectivity index (χ2v) is 9.07. The van der Waals surface area contributed by atoms with E-state index in [9.17, 15) is 18.4 Å². The molecule has 0 aliphatic heterocycles. The lowest BCUT2D eigenvalue weighted by Gasteiger charge is -2.32. The van der Waals surface area contributed by atoms with Gasteiger partial charge in [0.15, 0.2) is 0 Å². The molecule has 11 heteroatoms. The molecule has 1 N–H and O–H groups in total. The molecule has 1 atom stereocenters. The Balaban J connectivity index is 1.49. The molecule has 1 aliphatic rings. The lowest BCUT2D eigenvalue weighted by Crippen LogP contribution is -2.47. The number of tetrazole rings is 1. The summed E-state index contributed by atoms with van der Waals surface area (Å²) < 4.78 is 27.6. The Morgan fingerprint density at radius 2 is 1.74 bits per heavy atom. The van der Waals surface area contributed by atoms with Crippen LogP contribution < -0.4 is 10.2 Å². The highest BCUT2D eigenvalue weighted by Gasteiger charge is 2.35. The highest BCUT2D eigenvalue weighted by Crippen LogP contribution is 2.30. The number of aromatic nitrogens is 5. The second-order valence-electron chi connectivity index (χ2n) is 9.07. The Bertz CT molecular complexity index is 1410. The van der Waals surface area contributed by atoms with Gasteiger partial charge in [0.25, 0.3) is 5.91 Å². The van der Waals surface area contributed by atoms with E-state index in [2.05, 4.69) is 25.7 Å². The monoisotopic (exact) mass is 517 g/mol. The summed E-state index contributed by atoms with van der Waals surface area (Å²) in [6.45, 7) is -0.372. The van der Waals surface area contributed by atoms with Crippen LogP contribution >= 0.6 is 0 Å². The van der Waals surface area contributed by atoms with Gasteiger partial charge in [-0.3, -0.25) is 19.5 Å². The van der Waals surface area contributed by atoms with Gasteiger partial charge in [0, 0.05) is 29.7 Å². The van der Waals surface area contributed by atoms with Gasteiger partial charge >= 0.3 is 0 Å². The van der Waals surface area contributed by atoms with Crippen LogP contribution in [-0.4, -0.2) is 43.0 Å². The molecule has 9 nitrogen and oxygen atoms in total. The maximum Gasteiger partial charge on any atom is 0.251 e. The molecule has 2 heterocycles. The number of nitrogens with one attached hydrogen (secondary N) is 1. The zero-order valence-electron chi connectivity index (χ0n) is 20.4. The molecule has 1 saturated carbocycles. The number of pyridine rings is 1. The van der Waals surface area contributed by atoms with Crippen molar-refractivity contribution in [1.29, 1.82) is 0 Å². The van der Waals surface area contributed by atoms with E-state index in [-0.39, 0.29) is 30.0 Å². The second kappa shape index (κ2) is 11.2. The number of benzene rings is 2. The van der Waals surface area contributed by atoms with E-state index in [1.165, 1.54) is 59.8 Å². The number of amides is 2. The van der Waals surface area contributed by atoms with Gasteiger partial charge in [-0.2, -0.15) is 4.80 Å². The summed E-state index contributed by atoms with van der Waals surface area (Å²) in [6, 6.07) is 13.3. The lowest BCUT2D eigenvalue weighted by atomic mass is 10.0. The first kappa shape index (κ1) is 25.1. The van der Waals surface area contributed by atoms with Crippen molar-refractivity contribution in [3.05, 3.63) is 90.3 Å². The number of rotatable bonds is 8. The fourth-order valence-electron chi connectivity index (χ4n) is 4.60. The average Bonchev–Trinajstić information content (AvgIpc) is 3.60. The maximum atomic E-state index is 14.3. The van der Waals surface area contributed by atoms with E-state index in [1.807, 2.05) is 0 Å². The predicted octanol–water partition coefficient (Wildman–Crippen LogP) is 3.85. The van der Waals surface area contributed by atoms with E-state index >= 15 is 0 Å². The lowest BCUT2D eigenvalue weighted by molar-refractivity contribution is -0.127. The van der Waals surface area contributed by atoms with Crippen molar-refractivity contribution in [3.63, 3.8) is 0 Å². The Hall–Kier alpha value is -4.54. The highest BCUT2D eigenvalue weighted by molar-refractivity contribution is 6.01. The molecule has 0 bridgehead atoms. The number of halogens is 2. The minimum Gasteiger partial charge on any atom is -0.351 e. The van der Waals surface area contributed by atoms with E-state index in [0.29, 0.717) is 11.1 Å². The Kier molecular flexibility index (Phi) is 7.43. The Labute approximate surface area is 217 Å². The van der Waals surface area contributed by atoms with Gasteiger partial charge in [-0.05, 0) is 78.2 Å². The van der Waals surface area contributed by atoms with Gasteiger partial charge in [0.05, 0.1) is 0 Å². The molecular formula is C27H25F2N7O2. The van der Waals surface area contributed by atoms with Crippen LogP contribution in [0.5, 0.6) is 0 Å². The van der Waals surface area contributed by atoms with Crippen molar-refractivity contribution in [3.8, 4) is 11.4 Å². The molecule has 0 radical (unpaired) electrons. The summed E-state index contributed by atoms with van der Waals surface area (Å²) >= 11 is 0. The van der Waals surface area contributed by atoms with Crippen LogP contribution in [0.25, 0.3) is 11.4 Å². The summed E-state index contributed by atoms with van der Waals surface area (Å²) in [5.74, 6) is -1.68. The van der Waals surface area contributed by atoms with Crippen LogP contribution in [0.3, 0.4) is 0 Å². The molecule has 4 aromatic rings. The standard InChI is InChI=1S/C27H25F2N7O2/c28-20-10-8-19(9-11-20)26-32-34-35(33-26)17-24(37)36(23-7-3-4-21(29)16-23)25(18-12-14-30-15-13-18)27(38)31-22-5-1-2-6-22/h3-4,7-16,22,25H,1-2,5-6,17H2,(H,31,38)/t25-/m0/s1. The van der Waals surface area contributed by atoms with E-state index in [0.717, 1.165) is 30.5 Å². The van der Waals surface area contributed by atoms with Gasteiger partial charge in [-0.15, -0.1) is 10.2 Å². The third-order valence-electron chi connectivity index (χ3n) is 6.42. The molecule has 38 heavy (non-hydrogen) atoms. The van der Waals surface area contributed by atoms with Crippen LogP contribution in [0.2, 0.25) is 0 Å². The summed E-state index contributed by atoms with van der Waals surface area (Å²) in [7, 11) is 0. The molecule has 1 aliphatic carbocycles. The zero-order chi connectivity index (χ0) is 26.5. The normalized spacial score (nSPS) is 14.3. The minimum atomic E-state index is -1.09. The molecule has 2 aromatic carbocycles. The van der Waals surface area contributed by atoms with Crippen LogP contribution in [0.4, 0.5) is 14.5 Å². The van der Waals surface area contributed by atoms with Crippen LogP contribution in [0, 0.1) is 11.6 Å². The molecule has 5 rings (SSSR count). The first-order chi connectivity index (χ1) is 18.5. The van der Waals surface area contributed by atoms with Crippen molar-refractivity contribution in [2.75, 3.05) is 4.90 Å². The molecule has 0 saturated heterocycles. The minimum absolute atomic E-state index is 0.00606. The van der Waals surface area contributed by atoms with Crippen molar-refractivity contribution in [1.82, 2.24) is 30.5 Å². The maximum absolute atomic E-state index is 14.3. The molecule has 0 spiro atoms. The van der Waals surface area contributed by atoms with Crippen LogP contribution in [-0.2, 0) is 16.1 Å². The van der Waals surface area contributed by atoms with E-state index in [4.69, 9.17) is 0 Å². The summed E-state index contributed by atoms with van der Waals surface area (Å²) in [4.78, 5) is 33.9. The Morgan fingerprint density at radius 1 is 1.00 bits per heavy atom. The molecule has 0 unspecified atom stereocenters. The SMILES string of the molecule is O=C(NC1CCCC1)[C@H](c1ccncc1)N(C(=O)Cn1nnc(-c2ccc(F)cc2)n1)c1cccc(F)c1. The fourth-order valence-corrected chi connectivity index (χ4v) is 4.60. The molecule has 1 fully saturated rings. The van der Waals surface area contributed by atoms with Gasteiger partial charge in [0.1, 0.15) is 24.2 Å². The molecule has 2 aromatic heterocycles. The number of nitrogens with zero attached hydrogens (tertiary/aromatic N) is 6. The number of carbonyl (C=O) groups is 2. The Morgan fingerprint density at radius 3 is 2.45 bits per heavy atom. The van der Waals surface area contributed by atoms with E-state index in [1.54, 1.807) is 18.2 Å². The smallest absolute Gasteiger partial charge is 0.251 e. The number of anilines is 1. The van der Waals surface area contributed by atoms with E-state index < -0.39 is 23.6 Å². The molecule has 2 amide bonds. The largest absolute Gasteiger partial charge is 0.351 e. The topological polar surface area (TPSA) is 106 Å². The van der Waals surface area contributed by atoms with Gasteiger partial charge < -0.3 is 5.32 Å². The quantitative estimate of drug-likeness (QED) is 0.381. The fraction of sp³-hybridized carbons (Fsp3) is 0.259. The molecule has 194 valence electrons. The first-order valence-corrected chi connectivity index (χ1v) is 12.3. The first-order valence-electron chi connectivity index (χ1n) is 12.3. The van der Waals surface area contributed by atoms with Gasteiger partial charge in [-0.25, -0.2) is 8.78 Å². The van der Waals surface area contributed by atoms with Crippen molar-refractivity contribution < 1.29 is 18.4 Å². The predicted molar refractivity (Wildman–Crippen MR) is 134 cm³/mol. The van der Waals surface area contributed by atoms with Crippen LogP contribution in [0.1, 0.15) is 37.3 Å². The van der Waals surface area contributed by atoms with Crippen molar-refractivity contribution in [2.24, 2.45) is 0 Å². The van der Waals surface area contributed by atoms with Gasteiger partial charge in [0.2, 0.25) is 11.7 Å². The summed E-state index contributed by atoms with van der Waals surface area (Å²) in [6.07, 6.45) is 6.83. The van der Waals surface area contributed by atoms with Crippen molar-refractivity contribution >= 4 is 17.5 Å². The van der Waals surface area contributed by atoms with Crippen LogP contribution in [0.15, 0.2) is 73.1 Å². The zero-order valence-corrected chi connectivity index (χ0v) is 20.4. The number of hydrogen-bond acceptors (Lipinski definition) is 6. The van der Waals surface area contributed by atoms with Crippen molar-refractivity contribution in [2.45, 2.75) is 44.3 Å². The summed E-state index contributed by atoms with van der Waals surface area (Å²) in [5, 5.41) is 15.2. The summed E-state index contributed by atoms with van der Waals surface area (Å²) in [5.41, 5.74) is 1.25. The van der Waals surface area contributed by atoms with Gasteiger partial charge in [-0.1, -0.05) is 18.9 Å².